The summed E-state index contributed by atoms with van der Waals surface area (Å²) in [6, 6.07) is 20.5. The van der Waals surface area contributed by atoms with Gasteiger partial charge in [-0.3, -0.25) is 0 Å². The minimum atomic E-state index is -0.249. The lowest BCUT2D eigenvalue weighted by Gasteiger charge is -2.31. The first-order valence-corrected chi connectivity index (χ1v) is 13.3. The molecular weight excluding hydrogens is 478 g/mol. The number of anilines is 1. The number of aromatic nitrogens is 4. The number of nitrogen functional groups attached to an aromatic ring is 1. The van der Waals surface area contributed by atoms with Crippen LogP contribution in [0.4, 0.5) is 5.95 Å². The fraction of sp³-hybridized carbons (Fsp3) is 0.433. The van der Waals surface area contributed by atoms with Crippen LogP contribution in [0.25, 0.3) is 11.2 Å². The van der Waals surface area contributed by atoms with Crippen LogP contribution in [-0.2, 0) is 22.7 Å². The summed E-state index contributed by atoms with van der Waals surface area (Å²) in [5, 5.41) is 0. The van der Waals surface area contributed by atoms with E-state index < -0.39 is 0 Å². The molecule has 0 radical (unpaired) electrons. The molecule has 4 atom stereocenters. The maximum atomic E-state index is 6.64. The van der Waals surface area contributed by atoms with Crippen LogP contribution in [-0.4, -0.2) is 37.8 Å². The fourth-order valence-electron chi connectivity index (χ4n) is 5.93. The Labute approximate surface area is 223 Å². The molecule has 2 fully saturated rings. The Morgan fingerprint density at radius 1 is 0.974 bits per heavy atom. The van der Waals surface area contributed by atoms with Gasteiger partial charge in [-0.2, -0.15) is 9.97 Å². The van der Waals surface area contributed by atoms with Gasteiger partial charge in [-0.1, -0.05) is 60.7 Å². The number of hydrogen-bond donors (Lipinski definition) is 1. The van der Waals surface area contributed by atoms with Gasteiger partial charge in [-0.05, 0) is 50.7 Å². The minimum Gasteiger partial charge on any atom is -0.471 e. The van der Waals surface area contributed by atoms with Crippen LogP contribution in [0.15, 0.2) is 67.0 Å². The smallest absolute Gasteiger partial charge is 0.247 e. The highest BCUT2D eigenvalue weighted by Crippen LogP contribution is 2.69. The molecule has 38 heavy (non-hydrogen) atoms. The zero-order valence-electron chi connectivity index (χ0n) is 22.2. The van der Waals surface area contributed by atoms with E-state index in [1.54, 1.807) is 0 Å². The van der Waals surface area contributed by atoms with E-state index in [1.165, 1.54) is 5.56 Å². The molecule has 6 rings (SSSR count). The van der Waals surface area contributed by atoms with Crippen molar-refractivity contribution in [1.82, 2.24) is 19.5 Å². The summed E-state index contributed by atoms with van der Waals surface area (Å²) in [5.74, 6) is 0.993. The lowest BCUT2D eigenvalue weighted by Crippen LogP contribution is -2.35. The highest BCUT2D eigenvalue weighted by atomic mass is 16.5. The van der Waals surface area contributed by atoms with E-state index in [-0.39, 0.29) is 29.1 Å². The predicted octanol–water partition coefficient (Wildman–Crippen LogP) is 5.34. The number of rotatable bonds is 9. The summed E-state index contributed by atoms with van der Waals surface area (Å²) in [7, 11) is 0. The summed E-state index contributed by atoms with van der Waals surface area (Å²) in [5.41, 5.74) is 9.43. The van der Waals surface area contributed by atoms with Gasteiger partial charge in [0.25, 0.3) is 0 Å². The van der Waals surface area contributed by atoms with Crippen molar-refractivity contribution in [2.45, 2.75) is 64.6 Å². The second kappa shape index (κ2) is 9.67. The molecule has 2 saturated carbocycles. The summed E-state index contributed by atoms with van der Waals surface area (Å²) in [6.07, 6.45) is 3.85. The van der Waals surface area contributed by atoms with Gasteiger partial charge in [-0.15, -0.1) is 0 Å². The summed E-state index contributed by atoms with van der Waals surface area (Å²) < 4.78 is 21.1. The van der Waals surface area contributed by atoms with Gasteiger partial charge in [0, 0.05) is 11.5 Å². The third-order valence-corrected chi connectivity index (χ3v) is 7.70. The van der Waals surface area contributed by atoms with E-state index in [2.05, 4.69) is 52.4 Å². The fourth-order valence-corrected chi connectivity index (χ4v) is 5.93. The SMILES string of the molecule is CC(C)(C)O[C@H]1C[C@H](n2cnc3c(OCc4ccccc4)nc(N)nc32)C2C[C@@]21COCc1ccccc1. The van der Waals surface area contributed by atoms with Gasteiger partial charge in [0.2, 0.25) is 11.8 Å². The topological polar surface area (TPSA) is 97.3 Å². The molecule has 1 unspecified atom stereocenters. The number of fused-ring (bicyclic) bond motifs is 2. The molecule has 8 nitrogen and oxygen atoms in total. The van der Waals surface area contributed by atoms with Crippen molar-refractivity contribution in [2.75, 3.05) is 12.3 Å². The number of hydrogen-bond acceptors (Lipinski definition) is 7. The van der Waals surface area contributed by atoms with E-state index in [0.29, 0.717) is 42.8 Å². The number of nitrogens with zero attached hydrogens (tertiary/aromatic N) is 4. The van der Waals surface area contributed by atoms with Crippen molar-refractivity contribution in [3.63, 3.8) is 0 Å². The lowest BCUT2D eigenvalue weighted by molar-refractivity contribution is -0.104. The third kappa shape index (κ3) is 4.86. The number of imidazole rings is 1. The van der Waals surface area contributed by atoms with E-state index in [1.807, 2.05) is 54.9 Å². The Bertz CT molecular complexity index is 1400. The van der Waals surface area contributed by atoms with Crippen LogP contribution in [0.2, 0.25) is 0 Å². The van der Waals surface area contributed by atoms with Crippen molar-refractivity contribution in [1.29, 1.82) is 0 Å². The van der Waals surface area contributed by atoms with E-state index in [4.69, 9.17) is 19.9 Å². The Hall–Kier alpha value is -3.49. The van der Waals surface area contributed by atoms with Gasteiger partial charge in [0.1, 0.15) is 6.61 Å². The van der Waals surface area contributed by atoms with Crippen LogP contribution in [0, 0.1) is 11.3 Å². The first-order valence-electron chi connectivity index (χ1n) is 13.3. The molecule has 198 valence electrons. The van der Waals surface area contributed by atoms with E-state index >= 15 is 0 Å². The van der Waals surface area contributed by atoms with Gasteiger partial charge < -0.3 is 24.5 Å². The molecule has 0 aliphatic heterocycles. The molecule has 0 bridgehead atoms. The first kappa shape index (κ1) is 24.8. The lowest BCUT2D eigenvalue weighted by atomic mass is 10.0. The number of nitrogens with two attached hydrogens (primary N) is 1. The van der Waals surface area contributed by atoms with Crippen molar-refractivity contribution < 1.29 is 14.2 Å². The Kier molecular flexibility index (Phi) is 6.32. The average Bonchev–Trinajstić information content (AvgIpc) is 3.35. The molecule has 0 saturated heterocycles. The molecule has 2 aromatic carbocycles. The minimum absolute atomic E-state index is 0.0193. The number of benzene rings is 2. The molecule has 2 aromatic heterocycles. The third-order valence-electron chi connectivity index (χ3n) is 7.70. The largest absolute Gasteiger partial charge is 0.471 e. The van der Waals surface area contributed by atoms with Crippen molar-refractivity contribution in [2.24, 2.45) is 11.3 Å². The summed E-state index contributed by atoms with van der Waals surface area (Å²) in [6.45, 7) is 8.00. The van der Waals surface area contributed by atoms with Gasteiger partial charge in [0.05, 0.1) is 31.2 Å². The second-order valence-electron chi connectivity index (χ2n) is 11.5. The van der Waals surface area contributed by atoms with Gasteiger partial charge >= 0.3 is 0 Å². The summed E-state index contributed by atoms with van der Waals surface area (Å²) >= 11 is 0. The molecule has 8 heteroatoms. The highest BCUT2D eigenvalue weighted by molar-refractivity contribution is 5.77. The zero-order valence-corrected chi connectivity index (χ0v) is 22.2. The van der Waals surface area contributed by atoms with Crippen LogP contribution >= 0.6 is 0 Å². The van der Waals surface area contributed by atoms with Crippen LogP contribution in [0.1, 0.15) is 50.8 Å². The monoisotopic (exact) mass is 513 g/mol. The van der Waals surface area contributed by atoms with Gasteiger partial charge in [-0.25, -0.2) is 4.98 Å². The Morgan fingerprint density at radius 2 is 1.66 bits per heavy atom. The highest BCUT2D eigenvalue weighted by Gasteiger charge is 2.69. The molecular formula is C30H35N5O3. The molecule has 2 heterocycles. The molecule has 2 N–H and O–H groups in total. The average molecular weight is 514 g/mol. The number of ether oxygens (including phenoxy) is 3. The maximum absolute atomic E-state index is 6.64. The normalized spacial score (nSPS) is 24.4. The van der Waals surface area contributed by atoms with Crippen molar-refractivity contribution in [3.05, 3.63) is 78.1 Å². The first-order chi connectivity index (χ1) is 18.3. The quantitative estimate of drug-likeness (QED) is 0.323. The predicted molar refractivity (Wildman–Crippen MR) is 145 cm³/mol. The second-order valence-corrected chi connectivity index (χ2v) is 11.5. The maximum Gasteiger partial charge on any atom is 0.247 e. The molecule has 0 spiro atoms. The molecule has 2 aliphatic rings. The van der Waals surface area contributed by atoms with Crippen LogP contribution in [0.3, 0.4) is 0 Å². The van der Waals surface area contributed by atoms with E-state index in [9.17, 15) is 0 Å². The molecule has 4 aromatic rings. The van der Waals surface area contributed by atoms with Crippen molar-refractivity contribution >= 4 is 17.1 Å². The van der Waals surface area contributed by atoms with Crippen LogP contribution in [0.5, 0.6) is 5.88 Å². The van der Waals surface area contributed by atoms with Crippen LogP contribution < -0.4 is 10.5 Å². The molecule has 0 amide bonds. The Morgan fingerprint density at radius 3 is 2.34 bits per heavy atom. The summed E-state index contributed by atoms with van der Waals surface area (Å²) in [4.78, 5) is 13.6. The Balaban J connectivity index is 1.24. The van der Waals surface area contributed by atoms with E-state index in [0.717, 1.165) is 18.4 Å². The standard InChI is InChI=1S/C30H35N5O3/c1-29(2,3)38-24-14-23(22-15-30(22,24)18-36-16-20-10-6-4-7-11-20)35-19-32-25-26(35)33-28(31)34-27(25)37-17-21-12-8-5-9-13-21/h4-13,19,22-24H,14-18H2,1-3H3,(H2,31,33,34)/t22?,23-,24-,30+/m0/s1. The molecule has 2 aliphatic carbocycles. The zero-order chi connectivity index (χ0) is 26.3. The van der Waals surface area contributed by atoms with Gasteiger partial charge in [0.15, 0.2) is 11.2 Å². The van der Waals surface area contributed by atoms with Crippen molar-refractivity contribution in [3.8, 4) is 5.88 Å².